The van der Waals surface area contributed by atoms with Crippen LogP contribution in [0.4, 0.5) is 4.39 Å². The van der Waals surface area contributed by atoms with Gasteiger partial charge in [0.15, 0.2) is 0 Å². The lowest BCUT2D eigenvalue weighted by Crippen LogP contribution is -2.27. The highest BCUT2D eigenvalue weighted by atomic mass is 32.1. The van der Waals surface area contributed by atoms with Gasteiger partial charge in [0.25, 0.3) is 0 Å². The first-order valence-electron chi connectivity index (χ1n) is 7.53. The van der Waals surface area contributed by atoms with E-state index in [1.807, 2.05) is 13.1 Å². The molecule has 2 aromatic rings. The van der Waals surface area contributed by atoms with Crippen LogP contribution in [0, 0.1) is 17.7 Å². The molecule has 20 heavy (non-hydrogen) atoms. The van der Waals surface area contributed by atoms with Crippen molar-refractivity contribution < 1.29 is 4.39 Å². The molecule has 1 nitrogen and oxygen atoms in total. The molecule has 3 heteroatoms. The highest BCUT2D eigenvalue weighted by Crippen LogP contribution is 2.40. The lowest BCUT2D eigenvalue weighted by molar-refractivity contribution is 0.240. The van der Waals surface area contributed by atoms with Crippen molar-refractivity contribution in [3.05, 3.63) is 35.0 Å². The molecule has 0 aliphatic heterocycles. The first kappa shape index (κ1) is 14.0. The topological polar surface area (TPSA) is 12.0 Å². The van der Waals surface area contributed by atoms with Gasteiger partial charge >= 0.3 is 0 Å². The third-order valence-corrected chi connectivity index (χ3v) is 5.85. The summed E-state index contributed by atoms with van der Waals surface area (Å²) in [6.07, 6.45) is 5.27. The van der Waals surface area contributed by atoms with Gasteiger partial charge in [-0.05, 0) is 61.4 Å². The summed E-state index contributed by atoms with van der Waals surface area (Å²) >= 11 is 1.80. The SMILES string of the molecule is CNC(c1cc2cc(F)ccc2s1)C1CCC(C)CC1. The van der Waals surface area contributed by atoms with Crippen molar-refractivity contribution in [3.63, 3.8) is 0 Å². The predicted molar refractivity (Wildman–Crippen MR) is 84.7 cm³/mol. The molecule has 0 radical (unpaired) electrons. The molecule has 1 aliphatic carbocycles. The number of halogens is 1. The van der Waals surface area contributed by atoms with Crippen LogP contribution < -0.4 is 5.32 Å². The third-order valence-electron chi connectivity index (χ3n) is 4.65. The number of fused-ring (bicyclic) bond motifs is 1. The van der Waals surface area contributed by atoms with Gasteiger partial charge in [-0.25, -0.2) is 4.39 Å². The van der Waals surface area contributed by atoms with E-state index in [-0.39, 0.29) is 5.82 Å². The summed E-state index contributed by atoms with van der Waals surface area (Å²) in [7, 11) is 2.05. The van der Waals surface area contributed by atoms with E-state index in [9.17, 15) is 4.39 Å². The number of nitrogens with one attached hydrogen (secondary N) is 1. The van der Waals surface area contributed by atoms with E-state index in [2.05, 4.69) is 18.3 Å². The van der Waals surface area contributed by atoms with E-state index in [1.54, 1.807) is 23.5 Å². The van der Waals surface area contributed by atoms with E-state index in [0.717, 1.165) is 11.3 Å². The fourth-order valence-electron chi connectivity index (χ4n) is 3.42. The summed E-state index contributed by atoms with van der Waals surface area (Å²) in [5.74, 6) is 1.45. The fourth-order valence-corrected chi connectivity index (χ4v) is 4.67. The predicted octanol–water partition coefficient (Wildman–Crippen LogP) is 5.13. The minimum atomic E-state index is -0.144. The Morgan fingerprint density at radius 2 is 1.95 bits per heavy atom. The van der Waals surface area contributed by atoms with Crippen molar-refractivity contribution in [1.29, 1.82) is 0 Å². The van der Waals surface area contributed by atoms with Gasteiger partial charge in [0.05, 0.1) is 0 Å². The van der Waals surface area contributed by atoms with E-state index in [1.165, 1.54) is 35.3 Å². The van der Waals surface area contributed by atoms with Crippen LogP contribution >= 0.6 is 11.3 Å². The molecule has 0 saturated heterocycles. The van der Waals surface area contributed by atoms with Crippen LogP contribution in [0.3, 0.4) is 0 Å². The third kappa shape index (κ3) is 2.75. The quantitative estimate of drug-likeness (QED) is 0.827. The van der Waals surface area contributed by atoms with Gasteiger partial charge in [0, 0.05) is 15.6 Å². The Hall–Kier alpha value is -0.930. The fraction of sp³-hybridized carbons (Fsp3) is 0.529. The van der Waals surface area contributed by atoms with Crippen LogP contribution in [0.15, 0.2) is 24.3 Å². The Morgan fingerprint density at radius 3 is 2.65 bits per heavy atom. The van der Waals surface area contributed by atoms with Gasteiger partial charge in [0.1, 0.15) is 5.82 Å². The molecule has 3 rings (SSSR count). The molecular formula is C17H22FNS. The average molecular weight is 291 g/mol. The van der Waals surface area contributed by atoms with Crippen molar-refractivity contribution in [2.45, 2.75) is 38.6 Å². The van der Waals surface area contributed by atoms with Crippen LogP contribution in [0.5, 0.6) is 0 Å². The van der Waals surface area contributed by atoms with Crippen LogP contribution in [0.1, 0.15) is 43.5 Å². The van der Waals surface area contributed by atoms with Gasteiger partial charge < -0.3 is 5.32 Å². The van der Waals surface area contributed by atoms with Crippen LogP contribution in [-0.4, -0.2) is 7.05 Å². The summed E-state index contributed by atoms with van der Waals surface area (Å²) in [6, 6.07) is 7.68. The molecule has 1 aliphatic rings. The standard InChI is InChI=1S/C17H22FNS/c1-11-3-5-12(6-4-11)17(19-2)16-10-13-9-14(18)7-8-15(13)20-16/h7-12,17,19H,3-6H2,1-2H3. The van der Waals surface area contributed by atoms with Gasteiger partial charge in [-0.1, -0.05) is 19.8 Å². The molecule has 0 spiro atoms. The molecule has 1 heterocycles. The van der Waals surface area contributed by atoms with Gasteiger partial charge in [-0.15, -0.1) is 11.3 Å². The van der Waals surface area contributed by atoms with Crippen molar-refractivity contribution in [2.75, 3.05) is 7.05 Å². The highest BCUT2D eigenvalue weighted by molar-refractivity contribution is 7.19. The van der Waals surface area contributed by atoms with Crippen molar-refractivity contribution in [1.82, 2.24) is 5.32 Å². The average Bonchev–Trinajstić information content (AvgIpc) is 2.84. The molecule has 1 N–H and O–H groups in total. The molecule has 0 bridgehead atoms. The van der Waals surface area contributed by atoms with Gasteiger partial charge in [0.2, 0.25) is 0 Å². The second-order valence-corrected chi connectivity index (χ2v) is 7.23. The normalized spacial score (nSPS) is 24.9. The summed E-state index contributed by atoms with van der Waals surface area (Å²) < 4.78 is 14.5. The Balaban J connectivity index is 1.87. The zero-order valence-corrected chi connectivity index (χ0v) is 13.0. The molecule has 1 aromatic heterocycles. The molecule has 1 saturated carbocycles. The first-order chi connectivity index (χ1) is 9.67. The second-order valence-electron chi connectivity index (χ2n) is 6.12. The molecule has 108 valence electrons. The molecule has 1 fully saturated rings. The lowest BCUT2D eigenvalue weighted by Gasteiger charge is -2.32. The van der Waals surface area contributed by atoms with Crippen molar-refractivity contribution in [3.8, 4) is 0 Å². The summed E-state index contributed by atoms with van der Waals surface area (Å²) in [4.78, 5) is 1.35. The van der Waals surface area contributed by atoms with E-state index >= 15 is 0 Å². The summed E-state index contributed by atoms with van der Waals surface area (Å²) in [5, 5.41) is 4.53. The minimum absolute atomic E-state index is 0.144. The van der Waals surface area contributed by atoms with E-state index in [4.69, 9.17) is 0 Å². The van der Waals surface area contributed by atoms with E-state index in [0.29, 0.717) is 12.0 Å². The van der Waals surface area contributed by atoms with Crippen molar-refractivity contribution in [2.24, 2.45) is 11.8 Å². The first-order valence-corrected chi connectivity index (χ1v) is 8.35. The largest absolute Gasteiger partial charge is 0.312 e. The Bertz CT molecular complexity index is 584. The Morgan fingerprint density at radius 1 is 1.20 bits per heavy atom. The number of rotatable bonds is 3. The Labute approximate surface area is 124 Å². The number of benzene rings is 1. The molecule has 0 amide bonds. The van der Waals surface area contributed by atoms with Crippen LogP contribution in [-0.2, 0) is 0 Å². The number of hydrogen-bond donors (Lipinski definition) is 1. The highest BCUT2D eigenvalue weighted by Gasteiger charge is 2.27. The second kappa shape index (κ2) is 5.82. The molecule has 1 atom stereocenters. The zero-order valence-electron chi connectivity index (χ0n) is 12.2. The smallest absolute Gasteiger partial charge is 0.123 e. The maximum atomic E-state index is 13.3. The monoisotopic (exact) mass is 291 g/mol. The maximum absolute atomic E-state index is 13.3. The zero-order chi connectivity index (χ0) is 14.1. The summed E-state index contributed by atoms with van der Waals surface area (Å²) in [6.45, 7) is 2.35. The van der Waals surface area contributed by atoms with Crippen molar-refractivity contribution >= 4 is 21.4 Å². The molecular weight excluding hydrogens is 269 g/mol. The molecule has 1 aromatic carbocycles. The van der Waals surface area contributed by atoms with Crippen LogP contribution in [0.2, 0.25) is 0 Å². The van der Waals surface area contributed by atoms with Gasteiger partial charge in [-0.2, -0.15) is 0 Å². The Kier molecular flexibility index (Phi) is 4.08. The van der Waals surface area contributed by atoms with Crippen LogP contribution in [0.25, 0.3) is 10.1 Å². The van der Waals surface area contributed by atoms with Gasteiger partial charge in [-0.3, -0.25) is 0 Å². The lowest BCUT2D eigenvalue weighted by atomic mass is 9.79. The number of hydrogen-bond acceptors (Lipinski definition) is 2. The molecule has 1 unspecified atom stereocenters. The minimum Gasteiger partial charge on any atom is -0.312 e. The van der Waals surface area contributed by atoms with E-state index < -0.39 is 0 Å². The maximum Gasteiger partial charge on any atom is 0.123 e. The number of thiophene rings is 1. The summed E-state index contributed by atoms with van der Waals surface area (Å²) in [5.41, 5.74) is 0.